The smallest absolute Gasteiger partial charge is 0.323 e. The summed E-state index contributed by atoms with van der Waals surface area (Å²) in [7, 11) is 0. The van der Waals surface area contributed by atoms with Gasteiger partial charge in [-0.25, -0.2) is 0 Å². The van der Waals surface area contributed by atoms with E-state index in [1.165, 1.54) is 0 Å². The molecule has 0 aliphatic carbocycles. The maximum absolute atomic E-state index is 11.2. The summed E-state index contributed by atoms with van der Waals surface area (Å²) in [5.41, 5.74) is 1.02. The fraction of sp³-hybridized carbons (Fsp3) is 0.562. The van der Waals surface area contributed by atoms with Crippen molar-refractivity contribution in [2.24, 2.45) is 0 Å². The molecule has 0 amide bonds. The van der Waals surface area contributed by atoms with Crippen LogP contribution in [0.25, 0.3) is 0 Å². The molecule has 4 nitrogen and oxygen atoms in total. The van der Waals surface area contributed by atoms with Crippen LogP contribution in [0.1, 0.15) is 26.2 Å². The molecule has 1 saturated heterocycles. The monoisotopic (exact) mass is 276 g/mol. The van der Waals surface area contributed by atoms with Gasteiger partial charge in [0, 0.05) is 18.3 Å². The maximum Gasteiger partial charge on any atom is 0.323 e. The topological polar surface area (TPSA) is 43.8 Å². The number of carbonyl (C=O) groups is 1. The van der Waals surface area contributed by atoms with E-state index in [1.807, 2.05) is 30.3 Å². The Morgan fingerprint density at radius 2 is 2.05 bits per heavy atom. The number of hydrogen-bond donors (Lipinski definition) is 1. The Morgan fingerprint density at radius 1 is 1.30 bits per heavy atom. The lowest BCUT2D eigenvalue weighted by atomic mass is 10.1. The van der Waals surface area contributed by atoms with Crippen molar-refractivity contribution in [3.63, 3.8) is 0 Å². The van der Waals surface area contributed by atoms with E-state index in [-0.39, 0.29) is 6.54 Å². The van der Waals surface area contributed by atoms with Gasteiger partial charge in [-0.1, -0.05) is 25.1 Å². The Labute approximate surface area is 121 Å². The molecule has 4 heteroatoms. The summed E-state index contributed by atoms with van der Waals surface area (Å²) in [5.74, 6) is -0.759. The molecule has 1 unspecified atom stereocenters. The lowest BCUT2D eigenvalue weighted by Crippen LogP contribution is -2.40. The van der Waals surface area contributed by atoms with Crippen molar-refractivity contribution in [2.75, 3.05) is 31.1 Å². The Balaban J connectivity index is 2.12. The first-order valence-electron chi connectivity index (χ1n) is 7.46. The summed E-state index contributed by atoms with van der Waals surface area (Å²) in [4.78, 5) is 15.7. The first-order chi connectivity index (χ1) is 9.70. The number of carboxylic acids is 1. The molecule has 1 fully saturated rings. The Kier molecular flexibility index (Phi) is 5.41. The fourth-order valence-electron chi connectivity index (χ4n) is 2.96. The highest BCUT2D eigenvalue weighted by Crippen LogP contribution is 2.23. The third kappa shape index (κ3) is 3.97. The molecule has 1 aliphatic rings. The van der Waals surface area contributed by atoms with Crippen molar-refractivity contribution in [1.82, 2.24) is 4.90 Å². The van der Waals surface area contributed by atoms with Gasteiger partial charge in [0.05, 0.1) is 0 Å². The Hall–Kier alpha value is -1.55. The molecule has 1 N–H and O–H groups in total. The summed E-state index contributed by atoms with van der Waals surface area (Å²) >= 11 is 0. The average molecular weight is 276 g/mol. The number of nitrogens with zero attached hydrogens (tertiary/aromatic N) is 2. The van der Waals surface area contributed by atoms with Gasteiger partial charge in [-0.3, -0.25) is 4.79 Å². The highest BCUT2D eigenvalue weighted by molar-refractivity contribution is 5.74. The normalized spacial score (nSPS) is 20.4. The van der Waals surface area contributed by atoms with Gasteiger partial charge in [0.2, 0.25) is 0 Å². The molecule has 0 bridgehead atoms. The van der Waals surface area contributed by atoms with Crippen molar-refractivity contribution in [3.8, 4) is 0 Å². The van der Waals surface area contributed by atoms with Crippen LogP contribution in [0.15, 0.2) is 30.3 Å². The van der Waals surface area contributed by atoms with E-state index in [9.17, 15) is 9.90 Å². The van der Waals surface area contributed by atoms with E-state index in [2.05, 4.69) is 16.7 Å². The zero-order valence-electron chi connectivity index (χ0n) is 12.2. The van der Waals surface area contributed by atoms with E-state index >= 15 is 0 Å². The van der Waals surface area contributed by atoms with Gasteiger partial charge in [-0.2, -0.15) is 0 Å². The molecule has 1 heterocycles. The molecule has 1 atom stereocenters. The number of benzene rings is 1. The zero-order valence-corrected chi connectivity index (χ0v) is 12.2. The number of hydrogen-bond acceptors (Lipinski definition) is 3. The summed E-state index contributed by atoms with van der Waals surface area (Å²) in [6, 6.07) is 10.2. The van der Waals surface area contributed by atoms with Crippen LogP contribution in [0, 0.1) is 0 Å². The van der Waals surface area contributed by atoms with Crippen LogP contribution in [0.2, 0.25) is 0 Å². The largest absolute Gasteiger partial charge is 0.480 e. The third-order valence-corrected chi connectivity index (χ3v) is 4.07. The van der Waals surface area contributed by atoms with Crippen LogP contribution in [-0.4, -0.2) is 48.2 Å². The standard InChI is InChI=1S/C16H24N2O2/c1-2-17-11-6-9-15(10-12-17)18(13-16(19)20)14-7-4-3-5-8-14/h3-5,7-8,15H,2,6,9-13H2,1H3,(H,19,20). The zero-order chi connectivity index (χ0) is 14.4. The molecular formula is C16H24N2O2. The van der Waals surface area contributed by atoms with Crippen LogP contribution in [-0.2, 0) is 4.79 Å². The fourth-order valence-corrected chi connectivity index (χ4v) is 2.96. The van der Waals surface area contributed by atoms with Gasteiger partial charge in [0.15, 0.2) is 0 Å². The van der Waals surface area contributed by atoms with E-state index < -0.39 is 5.97 Å². The summed E-state index contributed by atoms with van der Waals surface area (Å²) in [5, 5.41) is 9.19. The van der Waals surface area contributed by atoms with Gasteiger partial charge in [0.25, 0.3) is 0 Å². The number of para-hydroxylation sites is 1. The van der Waals surface area contributed by atoms with Gasteiger partial charge < -0.3 is 14.9 Å². The molecule has 1 aromatic rings. The van der Waals surface area contributed by atoms with Gasteiger partial charge in [-0.05, 0) is 44.5 Å². The molecule has 0 spiro atoms. The van der Waals surface area contributed by atoms with Crippen LogP contribution >= 0.6 is 0 Å². The number of likely N-dealkylation sites (tertiary alicyclic amines) is 1. The average Bonchev–Trinajstić information content (AvgIpc) is 2.71. The van der Waals surface area contributed by atoms with Crippen molar-refractivity contribution in [2.45, 2.75) is 32.2 Å². The molecule has 0 radical (unpaired) electrons. The molecule has 20 heavy (non-hydrogen) atoms. The SMILES string of the molecule is CCN1CCCC(N(CC(=O)O)c2ccccc2)CC1. The van der Waals surface area contributed by atoms with Crippen molar-refractivity contribution in [1.29, 1.82) is 0 Å². The van der Waals surface area contributed by atoms with E-state index in [4.69, 9.17) is 0 Å². The minimum Gasteiger partial charge on any atom is -0.480 e. The van der Waals surface area contributed by atoms with Crippen LogP contribution in [0.3, 0.4) is 0 Å². The molecule has 1 aliphatic heterocycles. The third-order valence-electron chi connectivity index (χ3n) is 4.07. The Morgan fingerprint density at radius 3 is 2.70 bits per heavy atom. The van der Waals surface area contributed by atoms with E-state index in [1.54, 1.807) is 0 Å². The quantitative estimate of drug-likeness (QED) is 0.897. The molecule has 0 saturated carbocycles. The lowest BCUT2D eigenvalue weighted by Gasteiger charge is -2.32. The predicted octanol–water partition coefficient (Wildman–Crippen LogP) is 2.45. The summed E-state index contributed by atoms with van der Waals surface area (Å²) in [6.07, 6.45) is 3.25. The summed E-state index contributed by atoms with van der Waals surface area (Å²) < 4.78 is 0. The molecule has 110 valence electrons. The van der Waals surface area contributed by atoms with Crippen molar-refractivity contribution < 1.29 is 9.90 Å². The molecule has 2 rings (SSSR count). The highest BCUT2D eigenvalue weighted by Gasteiger charge is 2.24. The first kappa shape index (κ1) is 14.9. The molecule has 0 aromatic heterocycles. The van der Waals surface area contributed by atoms with Gasteiger partial charge in [-0.15, -0.1) is 0 Å². The van der Waals surface area contributed by atoms with E-state index in [0.29, 0.717) is 6.04 Å². The number of aliphatic carboxylic acids is 1. The summed E-state index contributed by atoms with van der Waals surface area (Å²) in [6.45, 7) is 5.54. The lowest BCUT2D eigenvalue weighted by molar-refractivity contribution is -0.135. The molecular weight excluding hydrogens is 252 g/mol. The van der Waals surface area contributed by atoms with Crippen LogP contribution < -0.4 is 4.90 Å². The molecule has 1 aromatic carbocycles. The minimum absolute atomic E-state index is 0.0841. The number of anilines is 1. The second-order valence-corrected chi connectivity index (χ2v) is 5.38. The first-order valence-corrected chi connectivity index (χ1v) is 7.46. The van der Waals surface area contributed by atoms with Crippen molar-refractivity contribution in [3.05, 3.63) is 30.3 Å². The van der Waals surface area contributed by atoms with Gasteiger partial charge >= 0.3 is 5.97 Å². The Bertz CT molecular complexity index is 422. The number of carboxylic acid groups (broad SMARTS) is 1. The predicted molar refractivity (Wildman–Crippen MR) is 81.2 cm³/mol. The van der Waals surface area contributed by atoms with Crippen molar-refractivity contribution >= 4 is 11.7 Å². The van der Waals surface area contributed by atoms with E-state index in [0.717, 1.165) is 44.6 Å². The highest BCUT2D eigenvalue weighted by atomic mass is 16.4. The minimum atomic E-state index is -0.759. The maximum atomic E-state index is 11.2. The number of rotatable bonds is 5. The van der Waals surface area contributed by atoms with Crippen LogP contribution in [0.4, 0.5) is 5.69 Å². The van der Waals surface area contributed by atoms with Crippen LogP contribution in [0.5, 0.6) is 0 Å². The second kappa shape index (κ2) is 7.29. The second-order valence-electron chi connectivity index (χ2n) is 5.38. The van der Waals surface area contributed by atoms with Gasteiger partial charge in [0.1, 0.15) is 6.54 Å².